The topological polar surface area (TPSA) is 106 Å². The second kappa shape index (κ2) is 6.87. The van der Waals surface area contributed by atoms with Crippen LogP contribution in [0.25, 0.3) is 11.5 Å². The fourth-order valence-corrected chi connectivity index (χ4v) is 3.45. The van der Waals surface area contributed by atoms with Crippen LogP contribution in [0, 0.1) is 11.8 Å². The Morgan fingerprint density at radius 1 is 1.15 bits per heavy atom. The molecule has 1 aromatic heterocycles. The summed E-state index contributed by atoms with van der Waals surface area (Å²) in [4.78, 5) is 30.2. The first-order valence-electron chi connectivity index (χ1n) is 8.65. The van der Waals surface area contributed by atoms with Crippen LogP contribution in [0.2, 0.25) is 0 Å². The Kier molecular flexibility index (Phi) is 4.42. The van der Waals surface area contributed by atoms with E-state index in [4.69, 9.17) is 9.26 Å². The summed E-state index contributed by atoms with van der Waals surface area (Å²) in [5.41, 5.74) is 0.797. The summed E-state index contributed by atoms with van der Waals surface area (Å²) in [5.74, 6) is -1.40. The summed E-state index contributed by atoms with van der Waals surface area (Å²) in [6.07, 6.45) is 1.14. The van der Waals surface area contributed by atoms with Gasteiger partial charge in [0.05, 0.1) is 25.0 Å². The normalized spacial score (nSPS) is 25.5. The maximum absolute atomic E-state index is 12.9. The van der Waals surface area contributed by atoms with Crippen LogP contribution >= 0.6 is 0 Å². The highest BCUT2D eigenvalue weighted by Crippen LogP contribution is 2.38. The zero-order valence-electron chi connectivity index (χ0n) is 14.1. The van der Waals surface area contributed by atoms with E-state index in [1.807, 2.05) is 30.3 Å². The summed E-state index contributed by atoms with van der Waals surface area (Å²) in [7, 11) is 0. The van der Waals surface area contributed by atoms with Crippen molar-refractivity contribution < 1.29 is 24.0 Å². The van der Waals surface area contributed by atoms with E-state index in [0.29, 0.717) is 37.7 Å². The number of amides is 1. The minimum absolute atomic E-state index is 0.164. The van der Waals surface area contributed by atoms with Gasteiger partial charge < -0.3 is 19.3 Å². The lowest BCUT2D eigenvalue weighted by atomic mass is 9.72. The first kappa shape index (κ1) is 16.7. The Morgan fingerprint density at radius 2 is 1.92 bits per heavy atom. The van der Waals surface area contributed by atoms with Gasteiger partial charge in [0.1, 0.15) is 6.04 Å². The molecule has 1 aliphatic heterocycles. The SMILES string of the molecule is O=C(O)C1CCC1C(=O)N1CCOCC1c1noc(-c2ccccc2)n1. The molecule has 4 rings (SSSR count). The lowest BCUT2D eigenvalue weighted by Crippen LogP contribution is -2.51. The van der Waals surface area contributed by atoms with Crippen molar-refractivity contribution in [3.05, 3.63) is 36.2 Å². The zero-order chi connectivity index (χ0) is 18.1. The first-order valence-corrected chi connectivity index (χ1v) is 8.65. The Bertz CT molecular complexity index is 806. The van der Waals surface area contributed by atoms with Crippen molar-refractivity contribution in [2.75, 3.05) is 19.8 Å². The largest absolute Gasteiger partial charge is 0.481 e. The van der Waals surface area contributed by atoms with E-state index < -0.39 is 23.8 Å². The molecule has 2 fully saturated rings. The van der Waals surface area contributed by atoms with Crippen molar-refractivity contribution in [3.8, 4) is 11.5 Å². The molecule has 1 aliphatic carbocycles. The smallest absolute Gasteiger partial charge is 0.307 e. The Hall–Kier alpha value is -2.74. The monoisotopic (exact) mass is 357 g/mol. The minimum atomic E-state index is -0.912. The number of carboxylic acid groups (broad SMARTS) is 1. The number of carbonyl (C=O) groups is 2. The molecule has 0 radical (unpaired) electrons. The van der Waals surface area contributed by atoms with Crippen LogP contribution in [-0.4, -0.2) is 51.8 Å². The van der Waals surface area contributed by atoms with E-state index in [-0.39, 0.29) is 12.5 Å². The van der Waals surface area contributed by atoms with Gasteiger partial charge in [-0.15, -0.1) is 0 Å². The van der Waals surface area contributed by atoms with Crippen molar-refractivity contribution in [3.63, 3.8) is 0 Å². The number of carbonyl (C=O) groups excluding carboxylic acids is 1. The number of morpholine rings is 1. The number of ether oxygens (including phenoxy) is 1. The molecule has 1 aromatic carbocycles. The number of aromatic nitrogens is 2. The minimum Gasteiger partial charge on any atom is -0.481 e. The zero-order valence-corrected chi connectivity index (χ0v) is 14.1. The van der Waals surface area contributed by atoms with Gasteiger partial charge in [0, 0.05) is 12.1 Å². The van der Waals surface area contributed by atoms with E-state index in [1.54, 1.807) is 4.90 Å². The molecule has 8 heteroatoms. The Labute approximate surface area is 149 Å². The van der Waals surface area contributed by atoms with Crippen LogP contribution in [0.15, 0.2) is 34.9 Å². The predicted octanol–water partition coefficient (Wildman–Crippen LogP) is 1.75. The van der Waals surface area contributed by atoms with E-state index in [0.717, 1.165) is 5.56 Å². The molecule has 0 bridgehead atoms. The average Bonchev–Trinajstić information content (AvgIpc) is 3.11. The maximum Gasteiger partial charge on any atom is 0.307 e. The standard InChI is InChI=1S/C18H19N3O5/c22-17(12-6-7-13(12)18(23)24)21-8-9-25-10-14(21)15-19-16(26-20-15)11-4-2-1-3-5-11/h1-5,12-14H,6-10H2,(H,23,24). The van der Waals surface area contributed by atoms with Crippen LogP contribution in [-0.2, 0) is 14.3 Å². The predicted molar refractivity (Wildman–Crippen MR) is 88.9 cm³/mol. The fraction of sp³-hybridized carbons (Fsp3) is 0.444. The van der Waals surface area contributed by atoms with E-state index in [9.17, 15) is 14.7 Å². The average molecular weight is 357 g/mol. The van der Waals surface area contributed by atoms with Gasteiger partial charge in [-0.2, -0.15) is 4.98 Å². The van der Waals surface area contributed by atoms with E-state index >= 15 is 0 Å². The highest BCUT2D eigenvalue weighted by atomic mass is 16.5. The second-order valence-electron chi connectivity index (χ2n) is 6.57. The molecular formula is C18H19N3O5. The highest BCUT2D eigenvalue weighted by Gasteiger charge is 2.45. The molecular weight excluding hydrogens is 338 g/mol. The van der Waals surface area contributed by atoms with Gasteiger partial charge in [0.2, 0.25) is 5.91 Å². The molecule has 8 nitrogen and oxygen atoms in total. The lowest BCUT2D eigenvalue weighted by molar-refractivity contribution is -0.161. The van der Waals surface area contributed by atoms with Gasteiger partial charge in [-0.3, -0.25) is 9.59 Å². The number of hydrogen-bond donors (Lipinski definition) is 1. The third-order valence-corrected chi connectivity index (χ3v) is 5.08. The molecule has 2 aromatic rings. The molecule has 2 heterocycles. The van der Waals surface area contributed by atoms with Crippen LogP contribution in [0.3, 0.4) is 0 Å². The second-order valence-corrected chi connectivity index (χ2v) is 6.57. The summed E-state index contributed by atoms with van der Waals surface area (Å²) in [6.45, 7) is 1.07. The number of benzene rings is 1. The number of aliphatic carboxylic acids is 1. The Morgan fingerprint density at radius 3 is 2.62 bits per heavy atom. The molecule has 1 saturated carbocycles. The van der Waals surface area contributed by atoms with Gasteiger partial charge in [-0.25, -0.2) is 0 Å². The molecule has 1 amide bonds. The molecule has 136 valence electrons. The van der Waals surface area contributed by atoms with Crippen LogP contribution < -0.4 is 0 Å². The molecule has 1 N–H and O–H groups in total. The third-order valence-electron chi connectivity index (χ3n) is 5.08. The summed E-state index contributed by atoms with van der Waals surface area (Å²) in [5, 5.41) is 13.3. The van der Waals surface area contributed by atoms with Crippen molar-refractivity contribution in [1.29, 1.82) is 0 Å². The van der Waals surface area contributed by atoms with Crippen molar-refractivity contribution in [1.82, 2.24) is 15.0 Å². The molecule has 3 unspecified atom stereocenters. The molecule has 2 aliphatic rings. The van der Waals surface area contributed by atoms with Gasteiger partial charge in [-0.1, -0.05) is 23.4 Å². The van der Waals surface area contributed by atoms with Crippen molar-refractivity contribution in [2.45, 2.75) is 18.9 Å². The molecule has 0 spiro atoms. The lowest BCUT2D eigenvalue weighted by Gasteiger charge is -2.40. The molecule has 3 atom stereocenters. The number of hydrogen-bond acceptors (Lipinski definition) is 6. The van der Waals surface area contributed by atoms with Gasteiger partial charge in [0.15, 0.2) is 5.82 Å². The van der Waals surface area contributed by atoms with Crippen LogP contribution in [0.5, 0.6) is 0 Å². The fourth-order valence-electron chi connectivity index (χ4n) is 3.45. The maximum atomic E-state index is 12.9. The van der Waals surface area contributed by atoms with Crippen molar-refractivity contribution in [2.24, 2.45) is 11.8 Å². The summed E-state index contributed by atoms with van der Waals surface area (Å²) >= 11 is 0. The van der Waals surface area contributed by atoms with Crippen LogP contribution in [0.4, 0.5) is 0 Å². The molecule has 1 saturated heterocycles. The first-order chi connectivity index (χ1) is 12.6. The van der Waals surface area contributed by atoms with E-state index in [1.165, 1.54) is 0 Å². The van der Waals surface area contributed by atoms with Gasteiger partial charge >= 0.3 is 5.97 Å². The van der Waals surface area contributed by atoms with Crippen LogP contribution in [0.1, 0.15) is 24.7 Å². The highest BCUT2D eigenvalue weighted by molar-refractivity contribution is 5.86. The number of carboxylic acids is 1. The summed E-state index contributed by atoms with van der Waals surface area (Å²) < 4.78 is 10.8. The Balaban J connectivity index is 1.56. The van der Waals surface area contributed by atoms with Gasteiger partial charge in [0.25, 0.3) is 5.89 Å². The third kappa shape index (κ3) is 2.96. The quantitative estimate of drug-likeness (QED) is 0.888. The van der Waals surface area contributed by atoms with Gasteiger partial charge in [-0.05, 0) is 25.0 Å². The number of rotatable bonds is 4. The number of nitrogens with zero attached hydrogens (tertiary/aromatic N) is 3. The molecule has 26 heavy (non-hydrogen) atoms. The summed E-state index contributed by atoms with van der Waals surface area (Å²) in [6, 6.07) is 8.91. The van der Waals surface area contributed by atoms with Crippen molar-refractivity contribution >= 4 is 11.9 Å². The van der Waals surface area contributed by atoms with E-state index in [2.05, 4.69) is 10.1 Å².